The number of hydrogen-bond donors (Lipinski definition) is 0. The average molecular weight is 290 g/mol. The summed E-state index contributed by atoms with van der Waals surface area (Å²) in [5, 5.41) is 0. The fourth-order valence-electron chi connectivity index (χ4n) is 2.82. The maximum atomic E-state index is 11.9. The molecule has 5 atom stereocenters. The lowest BCUT2D eigenvalue weighted by molar-refractivity contribution is -0.387. The van der Waals surface area contributed by atoms with Gasteiger partial charge in [-0.3, -0.25) is 4.79 Å². The average Bonchev–Trinajstić information content (AvgIpc) is 2.36. The predicted molar refractivity (Wildman–Crippen MR) is 76.6 cm³/mol. The summed E-state index contributed by atoms with van der Waals surface area (Å²) in [5.74, 6) is 0.257. The first-order chi connectivity index (χ1) is 9.04. The highest BCUT2D eigenvalue weighted by Gasteiger charge is 2.43. The third kappa shape index (κ3) is 4.72. The van der Waals surface area contributed by atoms with Crippen LogP contribution in [0.3, 0.4) is 0 Å². The Morgan fingerprint density at radius 2 is 1.95 bits per heavy atom. The third-order valence-corrected chi connectivity index (χ3v) is 3.80. The first-order valence-electron chi connectivity index (χ1n) is 7.10. The second-order valence-electron chi connectivity index (χ2n) is 5.09. The molecular formula is C15H30O5. The van der Waals surface area contributed by atoms with Crippen LogP contribution < -0.4 is 0 Å². The van der Waals surface area contributed by atoms with Crippen LogP contribution >= 0.6 is 0 Å². The highest BCUT2D eigenvalue weighted by Crippen LogP contribution is 2.38. The fraction of sp³-hybridized carbons (Fsp3) is 0.933. The van der Waals surface area contributed by atoms with Crippen molar-refractivity contribution in [1.29, 1.82) is 0 Å². The minimum Gasteiger partial charge on any atom is -0.435 e. The molecule has 0 radical (unpaired) electrons. The Morgan fingerprint density at radius 1 is 1.30 bits per heavy atom. The zero-order valence-electron chi connectivity index (χ0n) is 12.5. The van der Waals surface area contributed by atoms with Crippen molar-refractivity contribution in [2.75, 3.05) is 7.11 Å². The van der Waals surface area contributed by atoms with Gasteiger partial charge in [0, 0.05) is 5.92 Å². The first kappa shape index (κ1) is 19.4. The number of rotatable bonds is 7. The molecule has 4 unspecified atom stereocenters. The Hall–Kier alpha value is -0.650. The van der Waals surface area contributed by atoms with Gasteiger partial charge in [0.25, 0.3) is 0 Å². The molecule has 0 saturated carbocycles. The maximum Gasteiger partial charge on any atom is 0.311 e. The Labute approximate surface area is 122 Å². The highest BCUT2D eigenvalue weighted by molar-refractivity contribution is 5.73. The van der Waals surface area contributed by atoms with Crippen molar-refractivity contribution in [2.45, 2.75) is 67.0 Å². The van der Waals surface area contributed by atoms with Gasteiger partial charge in [0.1, 0.15) is 0 Å². The van der Waals surface area contributed by atoms with Crippen LogP contribution in [0.1, 0.15) is 54.4 Å². The topological polar surface area (TPSA) is 54.0 Å². The van der Waals surface area contributed by atoms with Crippen LogP contribution in [0.2, 0.25) is 0 Å². The van der Waals surface area contributed by atoms with Crippen molar-refractivity contribution in [1.82, 2.24) is 0 Å². The molecule has 20 heavy (non-hydrogen) atoms. The quantitative estimate of drug-likeness (QED) is 0.311. The van der Waals surface area contributed by atoms with Crippen LogP contribution in [0.4, 0.5) is 0 Å². The van der Waals surface area contributed by atoms with E-state index in [-0.39, 0.29) is 25.2 Å². The zero-order valence-corrected chi connectivity index (χ0v) is 12.5. The standard InChI is InChI=1S/C14H26O5.CH4/c1-6-8-12-9(3)13(15)18-14(11(12)7-2)17-10(4)19-16-5;/h9-12,14H,6-8H2,1-5H3;1H4/t9-,10?,11?,12?,14?;/m0./s1. The molecule has 0 aromatic rings. The normalized spacial score (nSPS) is 31.4. The summed E-state index contributed by atoms with van der Waals surface area (Å²) >= 11 is 0. The predicted octanol–water partition coefficient (Wildman–Crippen LogP) is 3.52. The van der Waals surface area contributed by atoms with Crippen molar-refractivity contribution < 1.29 is 24.0 Å². The molecule has 1 rings (SSSR count). The summed E-state index contributed by atoms with van der Waals surface area (Å²) in [4.78, 5) is 21.4. The summed E-state index contributed by atoms with van der Waals surface area (Å²) in [7, 11) is 1.42. The Kier molecular flexibility index (Phi) is 9.01. The zero-order chi connectivity index (χ0) is 14.4. The van der Waals surface area contributed by atoms with E-state index in [0.717, 1.165) is 19.3 Å². The number of cyclic esters (lactones) is 1. The summed E-state index contributed by atoms with van der Waals surface area (Å²) in [5.41, 5.74) is 0. The van der Waals surface area contributed by atoms with E-state index in [1.54, 1.807) is 6.92 Å². The number of carbonyl (C=O) groups excluding carboxylic acids is 1. The Morgan fingerprint density at radius 3 is 2.45 bits per heavy atom. The molecule has 1 aliphatic rings. The molecule has 1 saturated heterocycles. The van der Waals surface area contributed by atoms with Gasteiger partial charge in [0.15, 0.2) is 6.29 Å². The fourth-order valence-corrected chi connectivity index (χ4v) is 2.82. The molecule has 0 amide bonds. The highest BCUT2D eigenvalue weighted by atomic mass is 17.2. The number of carbonyl (C=O) groups is 1. The smallest absolute Gasteiger partial charge is 0.311 e. The Balaban J connectivity index is 0.00000361. The summed E-state index contributed by atoms with van der Waals surface area (Å²) in [6.07, 6.45) is 1.86. The van der Waals surface area contributed by atoms with E-state index in [1.165, 1.54) is 7.11 Å². The molecular weight excluding hydrogens is 260 g/mol. The monoisotopic (exact) mass is 290 g/mol. The van der Waals surface area contributed by atoms with Gasteiger partial charge in [-0.1, -0.05) is 34.6 Å². The van der Waals surface area contributed by atoms with Gasteiger partial charge in [-0.25, -0.2) is 9.78 Å². The van der Waals surface area contributed by atoms with Gasteiger partial charge in [-0.2, -0.15) is 0 Å². The second kappa shape index (κ2) is 9.32. The van der Waals surface area contributed by atoms with Gasteiger partial charge in [-0.15, -0.1) is 0 Å². The van der Waals surface area contributed by atoms with Crippen LogP contribution in [-0.2, 0) is 24.0 Å². The molecule has 120 valence electrons. The molecule has 0 spiro atoms. The van der Waals surface area contributed by atoms with E-state index in [0.29, 0.717) is 5.92 Å². The van der Waals surface area contributed by atoms with Gasteiger partial charge in [0.2, 0.25) is 6.29 Å². The van der Waals surface area contributed by atoms with Crippen molar-refractivity contribution in [3.63, 3.8) is 0 Å². The molecule has 1 fully saturated rings. The van der Waals surface area contributed by atoms with Crippen LogP contribution in [0.15, 0.2) is 0 Å². The van der Waals surface area contributed by atoms with Crippen LogP contribution in [0.25, 0.3) is 0 Å². The van der Waals surface area contributed by atoms with Crippen LogP contribution in [-0.4, -0.2) is 25.7 Å². The number of hydrogen-bond acceptors (Lipinski definition) is 5. The SMILES string of the molecule is C.CCCC1C(CC)C(OC(C)OOC)OC(=O)[C@H]1C. The van der Waals surface area contributed by atoms with E-state index in [1.807, 2.05) is 6.92 Å². The summed E-state index contributed by atoms with van der Waals surface area (Å²) in [6, 6.07) is 0. The van der Waals surface area contributed by atoms with E-state index in [9.17, 15) is 4.79 Å². The molecule has 1 aliphatic heterocycles. The van der Waals surface area contributed by atoms with Crippen molar-refractivity contribution >= 4 is 5.97 Å². The third-order valence-electron chi connectivity index (χ3n) is 3.80. The largest absolute Gasteiger partial charge is 0.435 e. The van der Waals surface area contributed by atoms with Crippen LogP contribution in [0, 0.1) is 17.8 Å². The van der Waals surface area contributed by atoms with E-state index < -0.39 is 12.6 Å². The molecule has 0 aromatic carbocycles. The van der Waals surface area contributed by atoms with E-state index in [4.69, 9.17) is 14.4 Å². The lowest BCUT2D eigenvalue weighted by Crippen LogP contribution is -2.46. The number of esters is 1. The molecule has 0 N–H and O–H groups in total. The minimum atomic E-state index is -0.562. The maximum absolute atomic E-state index is 11.9. The molecule has 5 heteroatoms. The summed E-state index contributed by atoms with van der Waals surface area (Å²) < 4.78 is 11.0. The molecule has 5 nitrogen and oxygen atoms in total. The van der Waals surface area contributed by atoms with Crippen molar-refractivity contribution in [3.8, 4) is 0 Å². The van der Waals surface area contributed by atoms with Gasteiger partial charge >= 0.3 is 5.97 Å². The lowest BCUT2D eigenvalue weighted by Gasteiger charge is -2.40. The van der Waals surface area contributed by atoms with E-state index in [2.05, 4.69) is 18.7 Å². The van der Waals surface area contributed by atoms with E-state index >= 15 is 0 Å². The molecule has 0 aromatic heterocycles. The summed E-state index contributed by atoms with van der Waals surface area (Å²) in [6.45, 7) is 7.89. The molecule has 1 heterocycles. The lowest BCUT2D eigenvalue weighted by atomic mass is 9.76. The van der Waals surface area contributed by atoms with Crippen molar-refractivity contribution in [2.24, 2.45) is 17.8 Å². The number of ether oxygens (including phenoxy) is 2. The Bertz CT molecular complexity index is 281. The van der Waals surface area contributed by atoms with Gasteiger partial charge < -0.3 is 9.47 Å². The second-order valence-corrected chi connectivity index (χ2v) is 5.09. The molecule has 0 aliphatic carbocycles. The van der Waals surface area contributed by atoms with Gasteiger partial charge in [-0.05, 0) is 25.7 Å². The first-order valence-corrected chi connectivity index (χ1v) is 7.10. The van der Waals surface area contributed by atoms with Crippen molar-refractivity contribution in [3.05, 3.63) is 0 Å². The van der Waals surface area contributed by atoms with Crippen LogP contribution in [0.5, 0.6) is 0 Å². The molecule has 0 bridgehead atoms. The van der Waals surface area contributed by atoms with Gasteiger partial charge in [0.05, 0.1) is 13.0 Å². The minimum absolute atomic E-state index is 0.